The zero-order valence-corrected chi connectivity index (χ0v) is 28.1. The number of benzene rings is 2. The van der Waals surface area contributed by atoms with Crippen LogP contribution in [0.25, 0.3) is 0 Å². The number of halogens is 2. The zero-order valence-electron chi connectivity index (χ0n) is 28.1. The Morgan fingerprint density at radius 2 is 1.78 bits per heavy atom. The van der Waals surface area contributed by atoms with Crippen LogP contribution in [-0.4, -0.2) is 64.1 Å². The lowest BCUT2D eigenvalue weighted by Gasteiger charge is -2.63. The number of aliphatic hydroxyl groups excluding tert-OH is 2. The maximum atomic E-state index is 17.6. The summed E-state index contributed by atoms with van der Waals surface area (Å²) in [5, 5.41) is 25.4. The molecule has 2 aromatic rings. The third kappa shape index (κ3) is 4.94. The van der Waals surface area contributed by atoms with Crippen molar-refractivity contribution in [2.45, 2.75) is 109 Å². The highest BCUT2D eigenvalue weighted by molar-refractivity contribution is 6.01. The Kier molecular flexibility index (Phi) is 8.87. The Morgan fingerprint density at radius 3 is 2.45 bits per heavy atom. The van der Waals surface area contributed by atoms with Crippen LogP contribution in [0.15, 0.2) is 72.3 Å². The van der Waals surface area contributed by atoms with Gasteiger partial charge in [0.15, 0.2) is 29.1 Å². The van der Waals surface area contributed by atoms with Crippen molar-refractivity contribution in [2.75, 3.05) is 11.9 Å². The van der Waals surface area contributed by atoms with Gasteiger partial charge in [-0.25, -0.2) is 8.78 Å². The monoisotopic (exact) mass is 677 g/mol. The van der Waals surface area contributed by atoms with Crippen LogP contribution in [0.2, 0.25) is 0 Å². The summed E-state index contributed by atoms with van der Waals surface area (Å²) in [6.07, 6.45) is -1.37. The van der Waals surface area contributed by atoms with Gasteiger partial charge in [0.25, 0.3) is 0 Å². The van der Waals surface area contributed by atoms with Crippen LogP contribution in [0, 0.1) is 22.7 Å². The normalized spacial score (nSPS) is 39.6. The smallest absolute Gasteiger partial charge is 0.193 e. The van der Waals surface area contributed by atoms with Crippen LogP contribution < -0.4 is 5.32 Å². The topological polar surface area (TPSA) is 105 Å². The van der Waals surface area contributed by atoms with Crippen molar-refractivity contribution in [2.24, 2.45) is 22.7 Å². The molecule has 0 spiro atoms. The Labute approximate surface area is 287 Å². The summed E-state index contributed by atoms with van der Waals surface area (Å²) < 4.78 is 46.6. The number of fused-ring (bicyclic) bond motifs is 7. The Bertz CT molecular complexity index is 1690. The zero-order chi connectivity index (χ0) is 34.4. The Morgan fingerprint density at radius 1 is 1.06 bits per heavy atom. The van der Waals surface area contributed by atoms with Gasteiger partial charge >= 0.3 is 0 Å². The number of hydrogen-bond acceptors (Lipinski definition) is 7. The van der Waals surface area contributed by atoms with E-state index in [1.54, 1.807) is 13.8 Å². The van der Waals surface area contributed by atoms with E-state index in [-0.39, 0.29) is 38.2 Å². The molecular weight excluding hydrogens is 628 g/mol. The standard InChI is InChI=1S/C39H45F2NO6.CH4/c1-21(2)42-26-8-6-7-25(15-26)22(3)23-9-11-24(12-10-23)35-47-34-18-28-29-17-31(40)30-16-27(44)13-14-36(30,4)38(29,41)32(45)19-37(28,5)39(34,48-35)33(46)20-43;/h6-16,21-22,28-29,31-32,34-35,42-43,45H,17-20H2,1-5H3;1H4/t22-,28-,29-,31-,32-,34+,35-,36-,37-,38-,39+;/m0./s1. The minimum absolute atomic E-state index is 0. The molecule has 0 radical (unpaired) electrons. The third-order valence-corrected chi connectivity index (χ3v) is 12.5. The van der Waals surface area contributed by atoms with Gasteiger partial charge < -0.3 is 25.0 Å². The molecule has 5 aliphatic rings. The molecule has 0 aromatic heterocycles. The van der Waals surface area contributed by atoms with Crippen LogP contribution >= 0.6 is 0 Å². The van der Waals surface area contributed by atoms with Crippen LogP contribution in [0.5, 0.6) is 0 Å². The SMILES string of the molecule is C.CC(C)Nc1cccc([C@@H](C)c2ccc([C@H]3O[C@@H]4C[C@H]5[C@@H]6C[C@H](F)C7=CC(=O)C=C[C@]7(C)[C@@]6(F)[C@@H](O)C[C@]5(C)[C@]4(C(=O)CO)O3)cc2)c1. The third-order valence-electron chi connectivity index (χ3n) is 12.5. The number of Topliss-reactive ketones (excluding diaryl/α,β-unsaturated/α-hetero) is 1. The summed E-state index contributed by atoms with van der Waals surface area (Å²) >= 11 is 0. The van der Waals surface area contributed by atoms with E-state index in [0.717, 1.165) is 22.9 Å². The van der Waals surface area contributed by atoms with Crippen molar-refractivity contribution in [3.8, 4) is 0 Å². The van der Waals surface area contributed by atoms with Gasteiger partial charge in [0.1, 0.15) is 12.8 Å². The van der Waals surface area contributed by atoms with Crippen molar-refractivity contribution >= 4 is 17.3 Å². The molecule has 7 nitrogen and oxygen atoms in total. The number of ether oxygens (including phenoxy) is 2. The van der Waals surface area contributed by atoms with Crippen LogP contribution in [-0.2, 0) is 19.1 Å². The van der Waals surface area contributed by atoms with Crippen LogP contribution in [0.4, 0.5) is 14.5 Å². The number of aliphatic hydroxyl groups is 2. The molecule has 0 bridgehead atoms. The molecule has 49 heavy (non-hydrogen) atoms. The van der Waals surface area contributed by atoms with Gasteiger partial charge in [-0.3, -0.25) is 9.59 Å². The fourth-order valence-electron chi connectivity index (χ4n) is 10.1. The van der Waals surface area contributed by atoms with Crippen LogP contribution in [0.3, 0.4) is 0 Å². The number of anilines is 1. The maximum absolute atomic E-state index is 17.6. The fourth-order valence-corrected chi connectivity index (χ4v) is 10.1. The summed E-state index contributed by atoms with van der Waals surface area (Å²) in [7, 11) is 0. The molecule has 264 valence electrons. The summed E-state index contributed by atoms with van der Waals surface area (Å²) in [5.74, 6) is -2.49. The highest BCUT2D eigenvalue weighted by Crippen LogP contribution is 2.72. The molecular formula is C40H49F2NO6. The molecule has 4 fully saturated rings. The van der Waals surface area contributed by atoms with Gasteiger partial charge in [-0.15, -0.1) is 0 Å². The van der Waals surface area contributed by atoms with E-state index >= 15 is 8.78 Å². The second-order valence-corrected chi connectivity index (χ2v) is 15.3. The largest absolute Gasteiger partial charge is 0.390 e. The fraction of sp³-hybridized carbons (Fsp3) is 0.550. The highest BCUT2D eigenvalue weighted by Gasteiger charge is 2.80. The molecule has 11 atom stereocenters. The van der Waals surface area contributed by atoms with Crippen molar-refractivity contribution in [1.82, 2.24) is 0 Å². The Hall–Kier alpha value is -3.24. The summed E-state index contributed by atoms with van der Waals surface area (Å²) in [6, 6.07) is 16.5. The predicted octanol–water partition coefficient (Wildman–Crippen LogP) is 6.94. The lowest BCUT2D eigenvalue weighted by atomic mass is 9.44. The number of nitrogens with one attached hydrogen (secondary N) is 1. The molecule has 3 saturated carbocycles. The average molecular weight is 678 g/mol. The summed E-state index contributed by atoms with van der Waals surface area (Å²) in [5.41, 5.74) is -2.63. The number of carbonyl (C=O) groups excluding carboxylic acids is 2. The second-order valence-electron chi connectivity index (χ2n) is 15.3. The molecule has 3 N–H and O–H groups in total. The van der Waals surface area contributed by atoms with Crippen molar-refractivity contribution in [1.29, 1.82) is 0 Å². The van der Waals surface area contributed by atoms with E-state index in [0.29, 0.717) is 11.6 Å². The first kappa shape index (κ1) is 35.6. The van der Waals surface area contributed by atoms with Crippen molar-refractivity contribution < 1.29 is 38.1 Å². The molecule has 9 heteroatoms. The van der Waals surface area contributed by atoms with Gasteiger partial charge in [-0.2, -0.15) is 0 Å². The van der Waals surface area contributed by atoms with Gasteiger partial charge in [-0.05, 0) is 86.9 Å². The lowest BCUT2D eigenvalue weighted by Crippen LogP contribution is -2.70. The first-order valence-corrected chi connectivity index (χ1v) is 17.1. The minimum Gasteiger partial charge on any atom is -0.390 e. The van der Waals surface area contributed by atoms with Gasteiger partial charge in [-0.1, -0.05) is 63.7 Å². The number of hydrogen-bond donors (Lipinski definition) is 3. The summed E-state index contributed by atoms with van der Waals surface area (Å²) in [4.78, 5) is 26.0. The van der Waals surface area contributed by atoms with Gasteiger partial charge in [0.2, 0.25) is 0 Å². The number of carbonyl (C=O) groups is 2. The molecule has 0 amide bonds. The molecule has 4 aliphatic carbocycles. The van der Waals surface area contributed by atoms with E-state index in [4.69, 9.17) is 9.47 Å². The molecule has 7 rings (SSSR count). The van der Waals surface area contributed by atoms with E-state index in [2.05, 4.69) is 38.2 Å². The quantitative estimate of drug-likeness (QED) is 0.292. The van der Waals surface area contributed by atoms with Gasteiger partial charge in [0, 0.05) is 40.0 Å². The van der Waals surface area contributed by atoms with E-state index < -0.39 is 76.8 Å². The molecule has 2 aromatic carbocycles. The highest BCUT2D eigenvalue weighted by atomic mass is 19.1. The first-order chi connectivity index (χ1) is 22.7. The number of alkyl halides is 2. The molecule has 0 unspecified atom stereocenters. The number of allylic oxidation sites excluding steroid dienone is 4. The van der Waals surface area contributed by atoms with E-state index in [1.165, 1.54) is 12.2 Å². The van der Waals surface area contributed by atoms with Gasteiger partial charge in [0.05, 0.1) is 12.2 Å². The molecule has 1 aliphatic heterocycles. The minimum atomic E-state index is -2.29. The number of ketones is 2. The lowest BCUT2D eigenvalue weighted by molar-refractivity contribution is -0.235. The van der Waals surface area contributed by atoms with Crippen molar-refractivity contribution in [3.05, 3.63) is 89.0 Å². The summed E-state index contributed by atoms with van der Waals surface area (Å²) in [6.45, 7) is 8.84. The second kappa shape index (κ2) is 12.2. The van der Waals surface area contributed by atoms with Crippen LogP contribution in [0.1, 0.15) is 90.2 Å². The van der Waals surface area contributed by atoms with E-state index in [9.17, 15) is 19.8 Å². The number of rotatable bonds is 7. The molecule has 1 heterocycles. The first-order valence-electron chi connectivity index (χ1n) is 17.1. The maximum Gasteiger partial charge on any atom is 0.193 e. The molecule has 1 saturated heterocycles. The Balaban J connectivity index is 0.00000417. The van der Waals surface area contributed by atoms with E-state index in [1.807, 2.05) is 36.4 Å². The van der Waals surface area contributed by atoms with Crippen molar-refractivity contribution in [3.63, 3.8) is 0 Å². The predicted molar refractivity (Wildman–Crippen MR) is 183 cm³/mol. The average Bonchev–Trinajstić information content (AvgIpc) is 3.56.